The smallest absolute Gasteiger partial charge is 0.335 e. The Bertz CT molecular complexity index is 862. The van der Waals surface area contributed by atoms with Crippen LogP contribution in [0.25, 0.3) is 0 Å². The van der Waals surface area contributed by atoms with Gasteiger partial charge in [0.2, 0.25) is 5.91 Å². The van der Waals surface area contributed by atoms with Gasteiger partial charge in [0.1, 0.15) is 0 Å². The molecule has 0 saturated carbocycles. The summed E-state index contributed by atoms with van der Waals surface area (Å²) in [7, 11) is 0. The summed E-state index contributed by atoms with van der Waals surface area (Å²) in [5.74, 6) is -1.65. The number of nitrogens with two attached hydrogens (primary N) is 1. The standard InChI is InChI=1S/C21H23N3O4/c22-19(25)17-2-1-11-24(13-17)12-14-3-9-18(10-4-14)23-20(26)15-5-7-16(8-6-15)21(27)28/h3-10,17H,1-2,11-13H2,(H2,22,25)(H,23,26)(H,27,28). The van der Waals surface area contributed by atoms with Crippen LogP contribution in [-0.4, -0.2) is 40.9 Å². The third kappa shape index (κ3) is 4.95. The summed E-state index contributed by atoms with van der Waals surface area (Å²) < 4.78 is 0. The second-order valence-electron chi connectivity index (χ2n) is 7.01. The Labute approximate surface area is 163 Å². The van der Waals surface area contributed by atoms with Crippen molar-refractivity contribution in [3.8, 4) is 0 Å². The minimum absolute atomic E-state index is 0.0835. The van der Waals surface area contributed by atoms with Gasteiger partial charge in [0, 0.05) is 24.3 Å². The summed E-state index contributed by atoms with van der Waals surface area (Å²) in [5.41, 5.74) is 7.70. The molecule has 2 aromatic carbocycles. The molecule has 2 aromatic rings. The molecule has 4 N–H and O–H groups in total. The molecule has 3 rings (SSSR count). The lowest BCUT2D eigenvalue weighted by Crippen LogP contribution is -2.40. The summed E-state index contributed by atoms with van der Waals surface area (Å²) >= 11 is 0. The highest BCUT2D eigenvalue weighted by Crippen LogP contribution is 2.19. The van der Waals surface area contributed by atoms with Gasteiger partial charge in [-0.3, -0.25) is 14.5 Å². The molecule has 0 aliphatic carbocycles. The van der Waals surface area contributed by atoms with Crippen LogP contribution in [0.1, 0.15) is 39.1 Å². The van der Waals surface area contributed by atoms with Crippen LogP contribution in [0.5, 0.6) is 0 Å². The number of amides is 2. The topological polar surface area (TPSA) is 113 Å². The first-order valence-electron chi connectivity index (χ1n) is 9.17. The molecule has 7 nitrogen and oxygen atoms in total. The first kappa shape index (κ1) is 19.6. The molecule has 1 fully saturated rings. The molecule has 2 amide bonds. The van der Waals surface area contributed by atoms with Gasteiger partial charge in [-0.05, 0) is 61.3 Å². The number of hydrogen-bond acceptors (Lipinski definition) is 4. The Morgan fingerprint density at radius 3 is 2.29 bits per heavy atom. The fraction of sp³-hybridized carbons (Fsp3) is 0.286. The van der Waals surface area contributed by atoms with Gasteiger partial charge >= 0.3 is 5.97 Å². The lowest BCUT2D eigenvalue weighted by Gasteiger charge is -2.31. The van der Waals surface area contributed by atoms with Crippen molar-refractivity contribution in [2.45, 2.75) is 19.4 Å². The normalized spacial score (nSPS) is 17.1. The van der Waals surface area contributed by atoms with Crippen LogP contribution in [0.4, 0.5) is 5.69 Å². The maximum absolute atomic E-state index is 12.3. The number of anilines is 1. The number of carbonyl (C=O) groups is 3. The van der Waals surface area contributed by atoms with E-state index in [4.69, 9.17) is 10.8 Å². The van der Waals surface area contributed by atoms with Gasteiger partial charge in [0.25, 0.3) is 5.91 Å². The zero-order valence-corrected chi connectivity index (χ0v) is 15.4. The number of hydrogen-bond donors (Lipinski definition) is 3. The van der Waals surface area contributed by atoms with E-state index in [0.29, 0.717) is 17.8 Å². The van der Waals surface area contributed by atoms with Gasteiger partial charge < -0.3 is 16.2 Å². The molecule has 1 saturated heterocycles. The number of carboxylic acids is 1. The van der Waals surface area contributed by atoms with Crippen molar-refractivity contribution in [2.24, 2.45) is 11.7 Å². The lowest BCUT2D eigenvalue weighted by molar-refractivity contribution is -0.123. The maximum atomic E-state index is 12.3. The molecular formula is C21H23N3O4. The minimum atomic E-state index is -1.03. The van der Waals surface area contributed by atoms with Gasteiger partial charge in [0.05, 0.1) is 11.5 Å². The number of aromatic carboxylic acids is 1. The zero-order chi connectivity index (χ0) is 20.1. The van der Waals surface area contributed by atoms with E-state index in [9.17, 15) is 14.4 Å². The number of nitrogens with one attached hydrogen (secondary N) is 1. The molecule has 1 atom stereocenters. The van der Waals surface area contributed by atoms with E-state index in [2.05, 4.69) is 10.2 Å². The molecule has 1 aliphatic heterocycles. The third-order valence-corrected chi connectivity index (χ3v) is 4.92. The highest BCUT2D eigenvalue weighted by atomic mass is 16.4. The number of piperidine rings is 1. The van der Waals surface area contributed by atoms with Crippen molar-refractivity contribution in [2.75, 3.05) is 18.4 Å². The zero-order valence-electron chi connectivity index (χ0n) is 15.4. The Hall–Kier alpha value is -3.19. The van der Waals surface area contributed by atoms with Gasteiger partial charge in [-0.15, -0.1) is 0 Å². The van der Waals surface area contributed by atoms with Crippen LogP contribution in [0.2, 0.25) is 0 Å². The Kier molecular flexibility index (Phi) is 6.06. The molecule has 1 heterocycles. The molecule has 28 heavy (non-hydrogen) atoms. The quantitative estimate of drug-likeness (QED) is 0.711. The van der Waals surface area contributed by atoms with E-state index >= 15 is 0 Å². The van der Waals surface area contributed by atoms with E-state index in [1.165, 1.54) is 24.3 Å². The summed E-state index contributed by atoms with van der Waals surface area (Å²) in [4.78, 5) is 36.8. The lowest BCUT2D eigenvalue weighted by atomic mass is 9.97. The highest BCUT2D eigenvalue weighted by Gasteiger charge is 2.23. The van der Waals surface area contributed by atoms with Crippen LogP contribution >= 0.6 is 0 Å². The molecule has 0 spiro atoms. The molecule has 146 valence electrons. The fourth-order valence-electron chi connectivity index (χ4n) is 3.35. The van der Waals surface area contributed by atoms with E-state index in [1.54, 1.807) is 0 Å². The number of carbonyl (C=O) groups excluding carboxylic acids is 2. The Morgan fingerprint density at radius 2 is 1.68 bits per heavy atom. The Balaban J connectivity index is 1.57. The molecule has 0 radical (unpaired) electrons. The average molecular weight is 381 g/mol. The predicted octanol–water partition coefficient (Wildman–Crippen LogP) is 2.33. The van der Waals surface area contributed by atoms with Gasteiger partial charge in [-0.1, -0.05) is 12.1 Å². The SMILES string of the molecule is NC(=O)C1CCCN(Cc2ccc(NC(=O)c3ccc(C(=O)O)cc3)cc2)C1. The number of primary amides is 1. The monoisotopic (exact) mass is 381 g/mol. The van der Waals surface area contributed by atoms with E-state index in [0.717, 1.165) is 31.5 Å². The number of benzene rings is 2. The fourth-order valence-corrected chi connectivity index (χ4v) is 3.35. The van der Waals surface area contributed by atoms with Gasteiger partial charge in [0.15, 0.2) is 0 Å². The highest BCUT2D eigenvalue weighted by molar-refractivity contribution is 6.04. The summed E-state index contributed by atoms with van der Waals surface area (Å²) in [6, 6.07) is 13.3. The number of carboxylic acid groups (broad SMARTS) is 1. The molecule has 7 heteroatoms. The van der Waals surface area contributed by atoms with Crippen LogP contribution in [0, 0.1) is 5.92 Å². The van der Waals surface area contributed by atoms with Crippen LogP contribution in [0.15, 0.2) is 48.5 Å². The van der Waals surface area contributed by atoms with E-state index < -0.39 is 5.97 Å². The first-order valence-corrected chi connectivity index (χ1v) is 9.17. The molecular weight excluding hydrogens is 358 g/mol. The largest absolute Gasteiger partial charge is 0.478 e. The Morgan fingerprint density at radius 1 is 1.04 bits per heavy atom. The molecule has 0 bridgehead atoms. The van der Waals surface area contributed by atoms with Crippen LogP contribution < -0.4 is 11.1 Å². The molecule has 1 unspecified atom stereocenters. The summed E-state index contributed by atoms with van der Waals surface area (Å²) in [5, 5.41) is 11.7. The van der Waals surface area contributed by atoms with E-state index in [-0.39, 0.29) is 23.3 Å². The average Bonchev–Trinajstić information content (AvgIpc) is 2.69. The second-order valence-corrected chi connectivity index (χ2v) is 7.01. The molecule has 1 aliphatic rings. The minimum Gasteiger partial charge on any atom is -0.478 e. The van der Waals surface area contributed by atoms with Crippen LogP contribution in [0.3, 0.4) is 0 Å². The first-order chi connectivity index (χ1) is 13.4. The molecule has 0 aromatic heterocycles. The van der Waals surface area contributed by atoms with Gasteiger partial charge in [-0.2, -0.15) is 0 Å². The summed E-state index contributed by atoms with van der Waals surface area (Å²) in [6.07, 6.45) is 1.81. The van der Waals surface area contributed by atoms with Crippen molar-refractivity contribution in [3.63, 3.8) is 0 Å². The van der Waals surface area contributed by atoms with Crippen molar-refractivity contribution in [1.82, 2.24) is 4.90 Å². The number of nitrogens with zero attached hydrogens (tertiary/aromatic N) is 1. The number of rotatable bonds is 6. The maximum Gasteiger partial charge on any atom is 0.335 e. The second kappa shape index (κ2) is 8.67. The van der Waals surface area contributed by atoms with Crippen molar-refractivity contribution >= 4 is 23.5 Å². The van der Waals surface area contributed by atoms with Crippen molar-refractivity contribution in [1.29, 1.82) is 0 Å². The third-order valence-electron chi connectivity index (χ3n) is 4.92. The van der Waals surface area contributed by atoms with Crippen molar-refractivity contribution in [3.05, 3.63) is 65.2 Å². The van der Waals surface area contributed by atoms with E-state index in [1.807, 2.05) is 24.3 Å². The predicted molar refractivity (Wildman–Crippen MR) is 105 cm³/mol. The number of likely N-dealkylation sites (tertiary alicyclic amines) is 1. The summed E-state index contributed by atoms with van der Waals surface area (Å²) in [6.45, 7) is 2.35. The van der Waals surface area contributed by atoms with Crippen LogP contribution in [-0.2, 0) is 11.3 Å². The van der Waals surface area contributed by atoms with Crippen molar-refractivity contribution < 1.29 is 19.5 Å². The van der Waals surface area contributed by atoms with Gasteiger partial charge in [-0.25, -0.2) is 4.79 Å².